The number of allylic oxidation sites excluding steroid dienone is 1. The molecule has 0 saturated carbocycles. The van der Waals surface area contributed by atoms with E-state index in [9.17, 15) is 14.4 Å². The Kier molecular flexibility index (Phi) is 6.61. The lowest BCUT2D eigenvalue weighted by molar-refractivity contribution is -0.126. The third-order valence-corrected chi connectivity index (χ3v) is 6.18. The molecule has 2 amide bonds. The van der Waals surface area contributed by atoms with Gasteiger partial charge >= 0.3 is 0 Å². The molecule has 0 fully saturated rings. The molecule has 8 heteroatoms. The Bertz CT molecular complexity index is 974. The fourth-order valence-electron chi connectivity index (χ4n) is 3.33. The number of rotatable bonds is 7. The van der Waals surface area contributed by atoms with Crippen molar-refractivity contribution in [1.29, 1.82) is 0 Å². The molecule has 0 bridgehead atoms. The lowest BCUT2D eigenvalue weighted by Crippen LogP contribution is -2.39. The van der Waals surface area contributed by atoms with Gasteiger partial charge < -0.3 is 10.6 Å². The third-order valence-electron chi connectivity index (χ3n) is 5.07. The van der Waals surface area contributed by atoms with E-state index in [2.05, 4.69) is 21.7 Å². The Morgan fingerprint density at radius 1 is 1.21 bits per heavy atom. The van der Waals surface area contributed by atoms with Gasteiger partial charge in [-0.25, -0.2) is 4.98 Å². The van der Waals surface area contributed by atoms with Crippen LogP contribution in [0.4, 0.5) is 0 Å². The summed E-state index contributed by atoms with van der Waals surface area (Å²) in [5.41, 5.74) is 2.07. The van der Waals surface area contributed by atoms with Crippen LogP contribution in [-0.4, -0.2) is 34.5 Å². The van der Waals surface area contributed by atoms with Gasteiger partial charge in [-0.1, -0.05) is 11.6 Å². The Labute approximate surface area is 167 Å². The van der Waals surface area contributed by atoms with Crippen LogP contribution in [0, 0.1) is 13.8 Å². The molecule has 1 aliphatic carbocycles. The molecule has 1 aliphatic rings. The number of nitrogens with one attached hydrogen (secondary N) is 2. The highest BCUT2D eigenvalue weighted by atomic mass is 32.1. The summed E-state index contributed by atoms with van der Waals surface area (Å²) in [6, 6.07) is 0. The van der Waals surface area contributed by atoms with E-state index in [0.717, 1.165) is 29.7 Å². The van der Waals surface area contributed by atoms with Crippen molar-refractivity contribution in [2.45, 2.75) is 52.5 Å². The van der Waals surface area contributed by atoms with Gasteiger partial charge in [0.2, 0.25) is 11.8 Å². The highest BCUT2D eigenvalue weighted by molar-refractivity contribution is 7.18. The van der Waals surface area contributed by atoms with Crippen LogP contribution in [0.1, 0.15) is 42.5 Å². The van der Waals surface area contributed by atoms with Gasteiger partial charge in [0.15, 0.2) is 0 Å². The van der Waals surface area contributed by atoms with Crippen LogP contribution in [0.5, 0.6) is 0 Å². The van der Waals surface area contributed by atoms with Gasteiger partial charge in [-0.05, 0) is 51.5 Å². The zero-order valence-corrected chi connectivity index (χ0v) is 17.2. The smallest absolute Gasteiger partial charge is 0.262 e. The Hall–Kier alpha value is -2.48. The number of carbonyl (C=O) groups is 2. The summed E-state index contributed by atoms with van der Waals surface area (Å²) in [6.07, 6.45) is 9.22. The summed E-state index contributed by atoms with van der Waals surface area (Å²) in [5.74, 6) is -0.618. The van der Waals surface area contributed by atoms with E-state index in [1.807, 2.05) is 13.8 Å². The number of hydrogen-bond donors (Lipinski definition) is 2. The molecule has 2 aromatic heterocycles. The van der Waals surface area contributed by atoms with Gasteiger partial charge in [0, 0.05) is 11.4 Å². The molecule has 2 heterocycles. The first-order chi connectivity index (χ1) is 13.5. The molecule has 0 radical (unpaired) electrons. The molecular weight excluding hydrogens is 376 g/mol. The Morgan fingerprint density at radius 3 is 2.79 bits per heavy atom. The highest BCUT2D eigenvalue weighted by Crippen LogP contribution is 2.25. The van der Waals surface area contributed by atoms with Crippen molar-refractivity contribution in [2.24, 2.45) is 0 Å². The normalized spacial score (nSPS) is 14.0. The largest absolute Gasteiger partial charge is 0.354 e. The topological polar surface area (TPSA) is 93.1 Å². The molecule has 28 heavy (non-hydrogen) atoms. The number of fused-ring (bicyclic) bond motifs is 1. The van der Waals surface area contributed by atoms with Crippen LogP contribution < -0.4 is 16.2 Å². The van der Waals surface area contributed by atoms with Crippen LogP contribution in [0.15, 0.2) is 22.8 Å². The van der Waals surface area contributed by atoms with E-state index in [1.54, 1.807) is 0 Å². The molecule has 2 N–H and O–H groups in total. The summed E-state index contributed by atoms with van der Waals surface area (Å²) in [4.78, 5) is 42.6. The average molecular weight is 403 g/mol. The predicted octanol–water partition coefficient (Wildman–Crippen LogP) is 2.20. The number of hydrogen-bond acceptors (Lipinski definition) is 5. The fourth-order valence-corrected chi connectivity index (χ4v) is 4.32. The maximum Gasteiger partial charge on any atom is 0.262 e. The van der Waals surface area contributed by atoms with E-state index in [4.69, 9.17) is 0 Å². The summed E-state index contributed by atoms with van der Waals surface area (Å²) in [7, 11) is 0. The molecule has 0 spiro atoms. The first kappa shape index (κ1) is 20.3. The van der Waals surface area contributed by atoms with Crippen LogP contribution in [0.2, 0.25) is 0 Å². The summed E-state index contributed by atoms with van der Waals surface area (Å²) >= 11 is 1.47. The van der Waals surface area contributed by atoms with Gasteiger partial charge in [-0.3, -0.25) is 19.0 Å². The van der Waals surface area contributed by atoms with E-state index >= 15 is 0 Å². The highest BCUT2D eigenvalue weighted by Gasteiger charge is 2.14. The predicted molar refractivity (Wildman–Crippen MR) is 111 cm³/mol. The minimum absolute atomic E-state index is 0.0983. The molecule has 2 aromatic rings. The zero-order valence-electron chi connectivity index (χ0n) is 16.3. The number of amides is 2. The number of thiophene rings is 1. The minimum Gasteiger partial charge on any atom is -0.354 e. The van der Waals surface area contributed by atoms with E-state index in [-0.39, 0.29) is 24.6 Å². The van der Waals surface area contributed by atoms with Crippen LogP contribution >= 0.6 is 11.3 Å². The zero-order chi connectivity index (χ0) is 20.1. The fraction of sp³-hybridized carbons (Fsp3) is 0.500. The second kappa shape index (κ2) is 9.14. The van der Waals surface area contributed by atoms with Gasteiger partial charge in [0.05, 0.1) is 18.3 Å². The molecule has 0 saturated heterocycles. The first-order valence-electron chi connectivity index (χ1n) is 9.62. The molecular formula is C20H26N4O3S. The number of nitrogens with zero attached hydrogens (tertiary/aromatic N) is 2. The standard InChI is InChI=1S/C20H26N4O3S/c1-13-14(2)28-19-18(13)20(27)24(12-23-19)11-17(26)22-10-16(25)21-9-8-15-6-4-3-5-7-15/h6,12H,3-5,7-11H2,1-2H3,(H,21,25)(H,22,26). The summed E-state index contributed by atoms with van der Waals surface area (Å²) in [6.45, 7) is 4.16. The number of carbonyl (C=O) groups excluding carboxylic acids is 2. The number of aromatic nitrogens is 2. The lowest BCUT2D eigenvalue weighted by Gasteiger charge is -2.13. The van der Waals surface area contributed by atoms with Gasteiger partial charge in [-0.2, -0.15) is 0 Å². The number of aryl methyl sites for hydroxylation is 2. The molecule has 0 aliphatic heterocycles. The molecule has 0 aromatic carbocycles. The monoisotopic (exact) mass is 402 g/mol. The first-order valence-corrected chi connectivity index (χ1v) is 10.4. The van der Waals surface area contributed by atoms with Crippen molar-refractivity contribution < 1.29 is 9.59 Å². The Balaban J connectivity index is 1.47. The van der Waals surface area contributed by atoms with Crippen LogP contribution in [-0.2, 0) is 16.1 Å². The van der Waals surface area contributed by atoms with Crippen LogP contribution in [0.25, 0.3) is 10.2 Å². The van der Waals surface area contributed by atoms with Gasteiger partial charge in [-0.15, -0.1) is 11.3 Å². The van der Waals surface area contributed by atoms with Gasteiger partial charge in [0.1, 0.15) is 11.4 Å². The maximum absolute atomic E-state index is 12.6. The van der Waals surface area contributed by atoms with E-state index in [0.29, 0.717) is 16.8 Å². The molecule has 150 valence electrons. The molecule has 7 nitrogen and oxygen atoms in total. The molecule has 3 rings (SSSR count). The van der Waals surface area contributed by atoms with Crippen molar-refractivity contribution in [2.75, 3.05) is 13.1 Å². The quantitative estimate of drug-likeness (QED) is 0.695. The minimum atomic E-state index is -0.391. The van der Waals surface area contributed by atoms with E-state index < -0.39 is 5.91 Å². The van der Waals surface area contributed by atoms with Crippen molar-refractivity contribution in [1.82, 2.24) is 20.2 Å². The molecule has 0 unspecified atom stereocenters. The average Bonchev–Trinajstić information content (AvgIpc) is 2.98. The third kappa shape index (κ3) is 4.86. The van der Waals surface area contributed by atoms with Crippen molar-refractivity contribution in [3.8, 4) is 0 Å². The second-order valence-corrected chi connectivity index (χ2v) is 8.33. The van der Waals surface area contributed by atoms with Crippen molar-refractivity contribution in [3.63, 3.8) is 0 Å². The van der Waals surface area contributed by atoms with Crippen LogP contribution in [0.3, 0.4) is 0 Å². The second-order valence-electron chi connectivity index (χ2n) is 7.13. The maximum atomic E-state index is 12.6. The SMILES string of the molecule is Cc1sc2ncn(CC(=O)NCC(=O)NCCC3=CCCCC3)c(=O)c2c1C. The van der Waals surface area contributed by atoms with Gasteiger partial charge in [0.25, 0.3) is 5.56 Å². The summed E-state index contributed by atoms with van der Waals surface area (Å²) < 4.78 is 1.28. The summed E-state index contributed by atoms with van der Waals surface area (Å²) in [5, 5.41) is 5.95. The lowest BCUT2D eigenvalue weighted by atomic mass is 9.97. The van der Waals surface area contributed by atoms with Crippen molar-refractivity contribution >= 4 is 33.4 Å². The van der Waals surface area contributed by atoms with Crippen molar-refractivity contribution in [3.05, 3.63) is 38.8 Å². The van der Waals surface area contributed by atoms with E-state index in [1.165, 1.54) is 40.6 Å². The Morgan fingerprint density at radius 2 is 2.04 bits per heavy atom. The molecule has 0 atom stereocenters.